The van der Waals surface area contributed by atoms with Gasteiger partial charge in [0.15, 0.2) is 11.6 Å². The van der Waals surface area contributed by atoms with Gasteiger partial charge in [-0.1, -0.05) is 6.07 Å². The Hall–Kier alpha value is -0.845. The summed E-state index contributed by atoms with van der Waals surface area (Å²) in [5.74, 6) is -2.37. The molecule has 0 radical (unpaired) electrons. The Morgan fingerprint density at radius 1 is 1.21 bits per heavy atom. The van der Waals surface area contributed by atoms with E-state index in [0.717, 1.165) is 6.07 Å². The summed E-state index contributed by atoms with van der Waals surface area (Å²) >= 11 is 0. The van der Waals surface area contributed by atoms with Crippen molar-refractivity contribution < 1.29 is 18.8 Å². The Bertz CT molecular complexity index is 325. The Morgan fingerprint density at radius 2 is 1.79 bits per heavy atom. The molecule has 0 aromatic heterocycles. The molecule has 0 atom stereocenters. The predicted molar refractivity (Wildman–Crippen MR) is 53.0 cm³/mol. The van der Waals surface area contributed by atoms with Gasteiger partial charge in [0.2, 0.25) is 0 Å². The zero-order chi connectivity index (χ0) is 10.0. The molecule has 7 heteroatoms. The first-order valence-corrected chi connectivity index (χ1v) is 3.59. The highest BCUT2D eigenvalue weighted by Crippen LogP contribution is 2.14. The molecular weight excluding hydrogens is 214 g/mol. The minimum absolute atomic E-state index is 0. The van der Waals surface area contributed by atoms with Crippen molar-refractivity contribution in [3.05, 3.63) is 23.8 Å². The molecule has 0 heterocycles. The van der Waals surface area contributed by atoms with Gasteiger partial charge in [-0.25, -0.2) is 8.78 Å². The zero-order valence-corrected chi connectivity index (χ0v) is 8.11. The normalized spacial score (nSPS) is 9.21. The highest BCUT2D eigenvalue weighted by atomic mass is 35.5. The maximum atomic E-state index is 13.0. The fraction of sp³-hybridized carbons (Fsp3) is 0.143. The molecule has 1 aromatic carbocycles. The average molecular weight is 223 g/mol. The third kappa shape index (κ3) is 2.34. The van der Waals surface area contributed by atoms with E-state index in [1.165, 1.54) is 13.1 Å². The van der Waals surface area contributed by atoms with Crippen LogP contribution < -0.4 is 10.8 Å². The predicted octanol–water partition coefficient (Wildman–Crippen LogP) is 0.108. The van der Waals surface area contributed by atoms with Gasteiger partial charge in [-0.15, -0.1) is 12.4 Å². The van der Waals surface area contributed by atoms with Crippen molar-refractivity contribution in [1.29, 1.82) is 0 Å². The van der Waals surface area contributed by atoms with Gasteiger partial charge in [0.1, 0.15) is 0 Å². The van der Waals surface area contributed by atoms with Gasteiger partial charge in [0, 0.05) is 12.5 Å². The lowest BCUT2D eigenvalue weighted by Gasteiger charge is -2.06. The largest absolute Gasteiger partial charge is 0.491 e. The van der Waals surface area contributed by atoms with Crippen LogP contribution in [-0.4, -0.2) is 24.2 Å². The van der Waals surface area contributed by atoms with E-state index in [9.17, 15) is 8.78 Å². The van der Waals surface area contributed by atoms with E-state index in [1.807, 2.05) is 0 Å². The summed E-state index contributed by atoms with van der Waals surface area (Å²) in [4.78, 5) is 0. The third-order valence-corrected chi connectivity index (χ3v) is 1.66. The maximum absolute atomic E-state index is 13.0. The van der Waals surface area contributed by atoms with Gasteiger partial charge in [-0.3, -0.25) is 0 Å². The topological polar surface area (TPSA) is 52.5 Å². The molecule has 3 N–H and O–H groups in total. The quantitative estimate of drug-likeness (QED) is 0.624. The Kier molecular flexibility index (Phi) is 4.83. The number of hydrogen-bond donors (Lipinski definition) is 3. The first kappa shape index (κ1) is 13.2. The van der Waals surface area contributed by atoms with Crippen LogP contribution >= 0.6 is 12.4 Å². The number of anilines is 1. The van der Waals surface area contributed by atoms with Gasteiger partial charge in [0.25, 0.3) is 0 Å². The molecule has 1 rings (SSSR count). The van der Waals surface area contributed by atoms with Crippen molar-refractivity contribution in [2.24, 2.45) is 0 Å². The average Bonchev–Trinajstić information content (AvgIpc) is 2.09. The number of halogens is 3. The molecule has 0 saturated heterocycles. The van der Waals surface area contributed by atoms with E-state index in [0.29, 0.717) is 0 Å². The number of rotatable bonds is 2. The second kappa shape index (κ2) is 5.14. The summed E-state index contributed by atoms with van der Waals surface area (Å²) < 4.78 is 25.9. The first-order chi connectivity index (χ1) is 6.07. The van der Waals surface area contributed by atoms with Crippen LogP contribution in [0.25, 0.3) is 0 Å². The lowest BCUT2D eigenvalue weighted by molar-refractivity contribution is 0.420. The van der Waals surface area contributed by atoms with E-state index in [-0.39, 0.29) is 18.1 Å². The second-order valence-corrected chi connectivity index (χ2v) is 2.45. The van der Waals surface area contributed by atoms with E-state index in [4.69, 9.17) is 10.0 Å². The fourth-order valence-electron chi connectivity index (χ4n) is 0.957. The maximum Gasteiger partial charge on any atom is 0.491 e. The van der Waals surface area contributed by atoms with Gasteiger partial charge in [-0.2, -0.15) is 0 Å². The van der Waals surface area contributed by atoms with E-state index >= 15 is 0 Å². The van der Waals surface area contributed by atoms with E-state index in [1.54, 1.807) is 0 Å². The van der Waals surface area contributed by atoms with E-state index in [2.05, 4.69) is 5.32 Å². The Morgan fingerprint density at radius 3 is 2.21 bits per heavy atom. The number of hydrogen-bond acceptors (Lipinski definition) is 3. The molecule has 0 spiro atoms. The fourth-order valence-corrected chi connectivity index (χ4v) is 0.957. The number of nitrogens with one attached hydrogen (secondary N) is 1. The smallest absolute Gasteiger partial charge is 0.423 e. The highest BCUT2D eigenvalue weighted by Gasteiger charge is 2.20. The summed E-state index contributed by atoms with van der Waals surface area (Å²) in [7, 11) is -0.562. The summed E-state index contributed by atoms with van der Waals surface area (Å²) in [5.41, 5.74) is -0.501. The van der Waals surface area contributed by atoms with Gasteiger partial charge >= 0.3 is 7.12 Å². The van der Waals surface area contributed by atoms with Crippen molar-refractivity contribution in [1.82, 2.24) is 0 Å². The molecule has 0 aliphatic heterocycles. The molecule has 0 aliphatic carbocycles. The lowest BCUT2D eigenvalue weighted by atomic mass is 9.79. The van der Waals surface area contributed by atoms with Crippen molar-refractivity contribution in [2.75, 3.05) is 12.4 Å². The molecule has 0 aliphatic rings. The molecule has 14 heavy (non-hydrogen) atoms. The van der Waals surface area contributed by atoms with Crippen LogP contribution in [0.15, 0.2) is 12.1 Å². The number of benzene rings is 1. The van der Waals surface area contributed by atoms with Crippen LogP contribution in [0.1, 0.15) is 0 Å². The van der Waals surface area contributed by atoms with Crippen LogP contribution in [0.3, 0.4) is 0 Å². The molecule has 1 aromatic rings. The van der Waals surface area contributed by atoms with Crippen molar-refractivity contribution in [3.8, 4) is 0 Å². The Labute approximate surface area is 86.3 Å². The highest BCUT2D eigenvalue weighted by molar-refractivity contribution is 6.58. The van der Waals surface area contributed by atoms with Gasteiger partial charge in [0.05, 0.1) is 5.69 Å². The minimum atomic E-state index is -2.00. The molecule has 78 valence electrons. The summed E-state index contributed by atoms with van der Waals surface area (Å²) in [6, 6.07) is 2.34. The summed E-state index contributed by atoms with van der Waals surface area (Å²) in [6.07, 6.45) is 0. The molecule has 0 saturated carbocycles. The van der Waals surface area contributed by atoms with Crippen LogP contribution in [0.4, 0.5) is 14.5 Å². The third-order valence-electron chi connectivity index (χ3n) is 1.66. The van der Waals surface area contributed by atoms with Crippen molar-refractivity contribution in [3.63, 3.8) is 0 Å². The van der Waals surface area contributed by atoms with E-state index < -0.39 is 24.2 Å². The SMILES string of the molecule is CNc1ccc(B(O)O)c(F)c1F.Cl. The second-order valence-electron chi connectivity index (χ2n) is 2.45. The standard InChI is InChI=1S/C7H8BF2NO2.ClH/c1-11-5-3-2-4(8(12)13)6(9)7(5)10;/h2-3,11-13H,1H3;1H. The summed E-state index contributed by atoms with van der Waals surface area (Å²) in [5, 5.41) is 19.7. The van der Waals surface area contributed by atoms with Crippen LogP contribution in [0, 0.1) is 11.6 Å². The Balaban J connectivity index is 0.00000169. The molecule has 0 amide bonds. The summed E-state index contributed by atoms with van der Waals surface area (Å²) in [6.45, 7) is 0. The van der Waals surface area contributed by atoms with Gasteiger partial charge in [-0.05, 0) is 6.07 Å². The molecule has 0 unspecified atom stereocenters. The van der Waals surface area contributed by atoms with Crippen LogP contribution in [-0.2, 0) is 0 Å². The molecule has 3 nitrogen and oxygen atoms in total. The molecule has 0 bridgehead atoms. The van der Waals surface area contributed by atoms with Crippen LogP contribution in [0.5, 0.6) is 0 Å². The molecule has 0 fully saturated rings. The van der Waals surface area contributed by atoms with Gasteiger partial charge < -0.3 is 15.4 Å². The van der Waals surface area contributed by atoms with Crippen molar-refractivity contribution >= 4 is 30.7 Å². The lowest BCUT2D eigenvalue weighted by Crippen LogP contribution is -2.33. The monoisotopic (exact) mass is 223 g/mol. The van der Waals surface area contributed by atoms with Crippen molar-refractivity contribution in [2.45, 2.75) is 0 Å². The van der Waals surface area contributed by atoms with Crippen LogP contribution in [0.2, 0.25) is 0 Å². The first-order valence-electron chi connectivity index (χ1n) is 3.59. The zero-order valence-electron chi connectivity index (χ0n) is 7.29. The molecular formula is C7H9BClF2NO2. The minimum Gasteiger partial charge on any atom is -0.423 e.